The molecule has 0 aliphatic heterocycles. The quantitative estimate of drug-likeness (QED) is 0.0222. The number of aliphatic hydroxyl groups is 1. The van der Waals surface area contributed by atoms with E-state index >= 15 is 0 Å². The summed E-state index contributed by atoms with van der Waals surface area (Å²) in [4.78, 5) is 72.0. The van der Waals surface area contributed by atoms with Crippen molar-refractivity contribution in [1.82, 2.24) is 0 Å². The summed E-state index contributed by atoms with van der Waals surface area (Å²) in [5.74, 6) is -1.37. The Kier molecular flexibility index (Phi) is 54.6. The lowest BCUT2D eigenvalue weighted by Gasteiger charge is -2.21. The van der Waals surface area contributed by atoms with E-state index in [1.165, 1.54) is 135 Å². The van der Waals surface area contributed by atoms with Crippen molar-refractivity contribution in [2.45, 2.75) is 329 Å². The predicted octanol–water partition coefficient (Wildman–Crippen LogP) is 17.0. The SMILES string of the molecule is CCCCCCCCCCCC(=O)OC[C@H](COP(=O)(O)OC[C@H](O)COP(=O)(O)OC[C@@H](COC(=O)CCCCCCCCCCC)OC(=O)CCCCCCCCCCCCCC(C)C)OC(=O)CCCCCCCCCCC. The van der Waals surface area contributed by atoms with Crippen LogP contribution in [0.4, 0.5) is 0 Å². The molecule has 0 aliphatic rings. The zero-order valence-electron chi connectivity index (χ0n) is 51.9. The molecule has 0 aromatic carbocycles. The fourth-order valence-corrected chi connectivity index (χ4v) is 10.8. The van der Waals surface area contributed by atoms with Gasteiger partial charge >= 0.3 is 39.5 Å². The van der Waals surface area contributed by atoms with Crippen LogP contribution in [0, 0.1) is 5.92 Å². The summed E-state index contributed by atoms with van der Waals surface area (Å²) in [5.41, 5.74) is 0. The summed E-state index contributed by atoms with van der Waals surface area (Å²) < 4.78 is 67.8. The smallest absolute Gasteiger partial charge is 0.462 e. The van der Waals surface area contributed by atoms with Gasteiger partial charge in [-0.1, -0.05) is 259 Å². The van der Waals surface area contributed by atoms with Crippen LogP contribution >= 0.6 is 15.6 Å². The minimum Gasteiger partial charge on any atom is -0.462 e. The van der Waals surface area contributed by atoms with Crippen molar-refractivity contribution in [3.63, 3.8) is 0 Å². The molecule has 0 aromatic rings. The fourth-order valence-electron chi connectivity index (χ4n) is 9.23. The van der Waals surface area contributed by atoms with E-state index in [9.17, 15) is 43.2 Å². The van der Waals surface area contributed by atoms with Gasteiger partial charge in [0, 0.05) is 25.7 Å². The van der Waals surface area contributed by atoms with E-state index in [0.29, 0.717) is 25.7 Å². The molecule has 2 unspecified atom stereocenters. The molecule has 3 N–H and O–H groups in total. The molecule has 0 heterocycles. The maximum atomic E-state index is 12.9. The van der Waals surface area contributed by atoms with Crippen molar-refractivity contribution in [3.8, 4) is 0 Å². The summed E-state index contributed by atoms with van der Waals surface area (Å²) >= 11 is 0. The molecule has 0 aliphatic carbocycles. The van der Waals surface area contributed by atoms with Crippen molar-refractivity contribution in [2.24, 2.45) is 5.92 Å². The largest absolute Gasteiger partial charge is 0.472 e. The molecule has 0 spiro atoms. The molecular formula is C62H120O17P2. The van der Waals surface area contributed by atoms with E-state index in [1.54, 1.807) is 0 Å². The Morgan fingerprint density at radius 2 is 0.568 bits per heavy atom. The highest BCUT2D eigenvalue weighted by Gasteiger charge is 2.30. The second kappa shape index (κ2) is 55.9. The predicted molar refractivity (Wildman–Crippen MR) is 322 cm³/mol. The second-order valence-electron chi connectivity index (χ2n) is 22.9. The Hall–Kier alpha value is -1.94. The van der Waals surface area contributed by atoms with Gasteiger partial charge in [-0.25, -0.2) is 9.13 Å². The standard InChI is InChI=1S/C62H120O17P2/c1-6-9-12-15-18-24-30-35-40-45-59(64)72-51-57(78-61(66)47-42-37-32-26-20-17-14-11-8-3)53-76-80(68,69)74-49-56(63)50-75-81(70,71)77-54-58(52-73-60(65)46-41-36-31-25-19-16-13-10-7-2)79-62(67)48-43-38-33-28-23-21-22-27-29-34-39-44-55(4)5/h55-58,63H,6-54H2,1-5H3,(H,68,69)(H,70,71)/t56-,57+,58+/m0/s1. The number of hydrogen-bond acceptors (Lipinski definition) is 15. The van der Waals surface area contributed by atoms with Crippen molar-refractivity contribution >= 4 is 39.5 Å². The molecule has 0 aromatic heterocycles. The van der Waals surface area contributed by atoms with Gasteiger partial charge in [-0.2, -0.15) is 0 Å². The zero-order valence-corrected chi connectivity index (χ0v) is 53.7. The summed E-state index contributed by atoms with van der Waals surface area (Å²) in [6.07, 6.45) is 38.9. The van der Waals surface area contributed by atoms with E-state index in [1.807, 2.05) is 0 Å². The number of ether oxygens (including phenoxy) is 4. The molecule has 0 rings (SSSR count). The molecule has 81 heavy (non-hydrogen) atoms. The average Bonchev–Trinajstić information content (AvgIpc) is 3.43. The first-order valence-electron chi connectivity index (χ1n) is 32.6. The highest BCUT2D eigenvalue weighted by atomic mass is 31.2. The van der Waals surface area contributed by atoms with E-state index in [-0.39, 0.29) is 25.7 Å². The van der Waals surface area contributed by atoms with Crippen LogP contribution in [0.3, 0.4) is 0 Å². The average molecular weight is 1200 g/mol. The van der Waals surface area contributed by atoms with Crippen LogP contribution in [-0.2, 0) is 65.4 Å². The highest BCUT2D eigenvalue weighted by Crippen LogP contribution is 2.45. The molecule has 0 saturated carbocycles. The van der Waals surface area contributed by atoms with Gasteiger partial charge in [0.15, 0.2) is 12.2 Å². The van der Waals surface area contributed by atoms with Crippen LogP contribution in [0.5, 0.6) is 0 Å². The van der Waals surface area contributed by atoms with Gasteiger partial charge in [-0.05, 0) is 31.6 Å². The number of hydrogen-bond donors (Lipinski definition) is 3. The first kappa shape index (κ1) is 79.1. The monoisotopic (exact) mass is 1200 g/mol. The molecular weight excluding hydrogens is 1080 g/mol. The number of phosphoric acid groups is 2. The second-order valence-corrected chi connectivity index (χ2v) is 25.8. The van der Waals surface area contributed by atoms with Gasteiger partial charge in [-0.15, -0.1) is 0 Å². The van der Waals surface area contributed by atoms with Crippen LogP contribution < -0.4 is 0 Å². The van der Waals surface area contributed by atoms with Crippen LogP contribution in [0.2, 0.25) is 0 Å². The lowest BCUT2D eigenvalue weighted by atomic mass is 10.0. The van der Waals surface area contributed by atoms with Crippen molar-refractivity contribution in [2.75, 3.05) is 39.6 Å². The molecule has 0 saturated heterocycles. The molecule has 17 nitrogen and oxygen atoms in total. The highest BCUT2D eigenvalue weighted by molar-refractivity contribution is 7.47. The molecule has 0 amide bonds. The number of carbonyl (C=O) groups excluding carboxylic acids is 4. The topological polar surface area (TPSA) is 237 Å². The van der Waals surface area contributed by atoms with Crippen molar-refractivity contribution in [1.29, 1.82) is 0 Å². The zero-order chi connectivity index (χ0) is 59.9. The summed E-state index contributed by atoms with van der Waals surface area (Å²) in [7, 11) is -9.88. The molecule has 5 atom stereocenters. The normalized spacial score (nSPS) is 14.3. The van der Waals surface area contributed by atoms with Crippen LogP contribution in [0.25, 0.3) is 0 Å². The van der Waals surface area contributed by atoms with E-state index in [0.717, 1.165) is 95.8 Å². The van der Waals surface area contributed by atoms with E-state index in [2.05, 4.69) is 34.6 Å². The Bertz CT molecular complexity index is 1580. The number of aliphatic hydroxyl groups excluding tert-OH is 1. The third-order valence-corrected chi connectivity index (χ3v) is 16.2. The molecule has 0 fully saturated rings. The van der Waals surface area contributed by atoms with E-state index < -0.39 is 97.5 Å². The third-order valence-electron chi connectivity index (χ3n) is 14.3. The van der Waals surface area contributed by atoms with Crippen molar-refractivity contribution < 1.29 is 80.2 Å². The first-order chi connectivity index (χ1) is 39.0. The minimum absolute atomic E-state index is 0.106. The number of unbranched alkanes of at least 4 members (excludes halogenated alkanes) is 34. The Labute approximate surface area is 492 Å². The number of esters is 4. The summed E-state index contributed by atoms with van der Waals surface area (Å²) in [5, 5.41) is 10.5. The van der Waals surface area contributed by atoms with Gasteiger partial charge in [0.1, 0.15) is 19.3 Å². The fraction of sp³-hybridized carbons (Fsp3) is 0.935. The first-order valence-corrected chi connectivity index (χ1v) is 35.6. The lowest BCUT2D eigenvalue weighted by Crippen LogP contribution is -2.30. The van der Waals surface area contributed by atoms with Crippen molar-refractivity contribution in [3.05, 3.63) is 0 Å². The van der Waals surface area contributed by atoms with Crippen LogP contribution in [0.1, 0.15) is 311 Å². The van der Waals surface area contributed by atoms with Crippen LogP contribution in [-0.4, -0.2) is 96.7 Å². The van der Waals surface area contributed by atoms with Crippen LogP contribution in [0.15, 0.2) is 0 Å². The Balaban J connectivity index is 5.21. The number of rotatable bonds is 62. The van der Waals surface area contributed by atoms with Gasteiger partial charge in [0.05, 0.1) is 26.4 Å². The summed E-state index contributed by atoms with van der Waals surface area (Å²) in [6.45, 7) is 7.14. The third kappa shape index (κ3) is 56.9. The molecule has 0 bridgehead atoms. The molecule has 19 heteroatoms. The maximum absolute atomic E-state index is 12.9. The van der Waals surface area contributed by atoms with E-state index in [4.69, 9.17) is 37.0 Å². The van der Waals surface area contributed by atoms with Gasteiger partial charge in [0.2, 0.25) is 0 Å². The Morgan fingerprint density at radius 1 is 0.333 bits per heavy atom. The van der Waals surface area contributed by atoms with Gasteiger partial charge < -0.3 is 33.8 Å². The maximum Gasteiger partial charge on any atom is 0.472 e. The molecule has 0 radical (unpaired) electrons. The number of phosphoric ester groups is 2. The number of carbonyl (C=O) groups is 4. The minimum atomic E-state index is -4.94. The summed E-state index contributed by atoms with van der Waals surface area (Å²) in [6, 6.07) is 0. The molecule has 480 valence electrons. The Morgan fingerprint density at radius 3 is 0.840 bits per heavy atom. The van der Waals surface area contributed by atoms with Gasteiger partial charge in [0.25, 0.3) is 0 Å². The van der Waals surface area contributed by atoms with Gasteiger partial charge in [-0.3, -0.25) is 37.3 Å². The lowest BCUT2D eigenvalue weighted by molar-refractivity contribution is -0.161.